The number of benzene rings is 1. The monoisotopic (exact) mass is 343 g/mol. The minimum absolute atomic E-state index is 0. The Labute approximate surface area is 142 Å². The molecule has 1 atom stereocenters. The van der Waals surface area contributed by atoms with Crippen LogP contribution in [0.4, 0.5) is 4.39 Å². The minimum atomic E-state index is -0.494. The van der Waals surface area contributed by atoms with Crippen molar-refractivity contribution < 1.29 is 13.9 Å². The van der Waals surface area contributed by atoms with Crippen LogP contribution in [0, 0.1) is 5.82 Å². The Morgan fingerprint density at radius 2 is 2.04 bits per heavy atom. The van der Waals surface area contributed by atoms with Crippen LogP contribution in [0.25, 0.3) is 0 Å². The molecule has 0 saturated carbocycles. The molecule has 5 nitrogen and oxygen atoms in total. The summed E-state index contributed by atoms with van der Waals surface area (Å²) in [5, 5.41) is 3.34. The Morgan fingerprint density at radius 1 is 1.30 bits per heavy atom. The molecule has 0 bridgehead atoms. The van der Waals surface area contributed by atoms with Crippen LogP contribution in [0.5, 0.6) is 5.75 Å². The molecule has 0 aliphatic carbocycles. The van der Waals surface area contributed by atoms with Crippen molar-refractivity contribution in [1.82, 2.24) is 15.1 Å². The maximum Gasteiger partial charge on any atom is 0.254 e. The molecule has 2 heterocycles. The van der Waals surface area contributed by atoms with Gasteiger partial charge in [-0.3, -0.25) is 9.69 Å². The fraction of sp³-hybridized carbons (Fsp3) is 0.562. The first-order valence-corrected chi connectivity index (χ1v) is 7.76. The number of likely N-dealkylation sites (tertiary alicyclic amines) is 1. The van der Waals surface area contributed by atoms with Crippen molar-refractivity contribution in [2.45, 2.75) is 12.5 Å². The number of nitrogens with one attached hydrogen (secondary N) is 1. The van der Waals surface area contributed by atoms with Gasteiger partial charge in [0.2, 0.25) is 0 Å². The number of hydrogen-bond acceptors (Lipinski definition) is 4. The van der Waals surface area contributed by atoms with Crippen LogP contribution in [-0.2, 0) is 0 Å². The zero-order valence-electron chi connectivity index (χ0n) is 13.3. The lowest BCUT2D eigenvalue weighted by molar-refractivity contribution is 0.0773. The lowest BCUT2D eigenvalue weighted by Crippen LogP contribution is -2.49. The zero-order chi connectivity index (χ0) is 15.5. The van der Waals surface area contributed by atoms with Crippen LogP contribution >= 0.6 is 12.4 Å². The van der Waals surface area contributed by atoms with Crippen molar-refractivity contribution in [3.63, 3.8) is 0 Å². The first-order valence-electron chi connectivity index (χ1n) is 7.76. The predicted molar refractivity (Wildman–Crippen MR) is 89.0 cm³/mol. The second-order valence-electron chi connectivity index (χ2n) is 5.83. The summed E-state index contributed by atoms with van der Waals surface area (Å²) in [7, 11) is 1.42. The second kappa shape index (κ2) is 7.95. The molecular weight excluding hydrogens is 321 g/mol. The molecule has 1 N–H and O–H groups in total. The second-order valence-corrected chi connectivity index (χ2v) is 5.83. The third-order valence-electron chi connectivity index (χ3n) is 4.52. The van der Waals surface area contributed by atoms with Crippen LogP contribution in [-0.4, -0.2) is 68.1 Å². The van der Waals surface area contributed by atoms with Crippen molar-refractivity contribution in [2.75, 3.05) is 46.4 Å². The van der Waals surface area contributed by atoms with Gasteiger partial charge in [-0.05, 0) is 24.6 Å². The quantitative estimate of drug-likeness (QED) is 0.900. The highest BCUT2D eigenvalue weighted by atomic mass is 35.5. The fourth-order valence-corrected chi connectivity index (χ4v) is 3.25. The van der Waals surface area contributed by atoms with Gasteiger partial charge in [-0.2, -0.15) is 0 Å². The summed E-state index contributed by atoms with van der Waals surface area (Å²) in [5.74, 6) is -0.429. The minimum Gasteiger partial charge on any atom is -0.494 e. The van der Waals surface area contributed by atoms with Gasteiger partial charge < -0.3 is 15.0 Å². The number of rotatable bonds is 3. The summed E-state index contributed by atoms with van der Waals surface area (Å²) in [5.41, 5.74) is 0.388. The highest BCUT2D eigenvalue weighted by molar-refractivity contribution is 5.94. The Hall–Kier alpha value is -1.37. The van der Waals surface area contributed by atoms with Gasteiger partial charge in [0.15, 0.2) is 11.6 Å². The number of carbonyl (C=O) groups excluding carboxylic acids is 1. The topological polar surface area (TPSA) is 44.8 Å². The van der Waals surface area contributed by atoms with E-state index in [0.29, 0.717) is 11.6 Å². The molecule has 2 aliphatic rings. The summed E-state index contributed by atoms with van der Waals surface area (Å²) < 4.78 is 18.6. The average Bonchev–Trinajstić information content (AvgIpc) is 3.05. The highest BCUT2D eigenvalue weighted by Crippen LogP contribution is 2.22. The van der Waals surface area contributed by atoms with E-state index in [-0.39, 0.29) is 24.1 Å². The van der Waals surface area contributed by atoms with Gasteiger partial charge in [-0.25, -0.2) is 4.39 Å². The van der Waals surface area contributed by atoms with E-state index in [0.717, 1.165) is 45.7 Å². The number of piperazine rings is 1. The fourth-order valence-electron chi connectivity index (χ4n) is 3.25. The van der Waals surface area contributed by atoms with E-state index in [4.69, 9.17) is 4.74 Å². The van der Waals surface area contributed by atoms with Crippen LogP contribution in [0.15, 0.2) is 18.2 Å². The summed E-state index contributed by atoms with van der Waals surface area (Å²) in [6.45, 7) is 5.55. The number of hydrogen-bond donors (Lipinski definition) is 1. The van der Waals surface area contributed by atoms with Crippen LogP contribution in [0.2, 0.25) is 0 Å². The number of halogens is 2. The molecule has 0 radical (unpaired) electrons. The smallest absolute Gasteiger partial charge is 0.254 e. The summed E-state index contributed by atoms with van der Waals surface area (Å²) in [4.78, 5) is 16.8. The summed E-state index contributed by atoms with van der Waals surface area (Å²) in [6, 6.07) is 4.82. The first-order chi connectivity index (χ1) is 10.7. The predicted octanol–water partition coefficient (Wildman–Crippen LogP) is 1.38. The highest BCUT2D eigenvalue weighted by Gasteiger charge is 2.31. The van der Waals surface area contributed by atoms with E-state index in [1.54, 1.807) is 6.07 Å². The third kappa shape index (κ3) is 3.94. The molecule has 7 heteroatoms. The van der Waals surface area contributed by atoms with E-state index < -0.39 is 5.82 Å². The molecule has 1 aromatic rings. The van der Waals surface area contributed by atoms with Gasteiger partial charge in [0, 0.05) is 50.9 Å². The van der Waals surface area contributed by atoms with Crippen molar-refractivity contribution >= 4 is 18.3 Å². The SMILES string of the molecule is COc1ccc(C(=O)N2CCC(N3CCNCC3)C2)cc1F.Cl. The zero-order valence-corrected chi connectivity index (χ0v) is 14.1. The molecule has 0 aromatic heterocycles. The van der Waals surface area contributed by atoms with Gasteiger partial charge >= 0.3 is 0 Å². The van der Waals surface area contributed by atoms with Gasteiger partial charge in [-0.15, -0.1) is 12.4 Å². The Kier molecular flexibility index (Phi) is 6.21. The molecule has 23 heavy (non-hydrogen) atoms. The normalized spacial score (nSPS) is 21.8. The molecule has 1 aromatic carbocycles. The first kappa shape index (κ1) is 18.0. The van der Waals surface area contributed by atoms with Gasteiger partial charge in [0.05, 0.1) is 7.11 Å². The van der Waals surface area contributed by atoms with E-state index in [2.05, 4.69) is 10.2 Å². The molecule has 1 unspecified atom stereocenters. The molecular formula is C16H23ClFN3O2. The number of methoxy groups -OCH3 is 1. The molecule has 2 aliphatic heterocycles. The number of ether oxygens (including phenoxy) is 1. The third-order valence-corrected chi connectivity index (χ3v) is 4.52. The van der Waals surface area contributed by atoms with Crippen molar-refractivity contribution in [3.8, 4) is 5.75 Å². The van der Waals surface area contributed by atoms with Crippen LogP contribution < -0.4 is 10.1 Å². The van der Waals surface area contributed by atoms with E-state index >= 15 is 0 Å². The Balaban J connectivity index is 0.00000192. The van der Waals surface area contributed by atoms with E-state index in [9.17, 15) is 9.18 Å². The summed E-state index contributed by atoms with van der Waals surface area (Å²) in [6.07, 6.45) is 0.990. The van der Waals surface area contributed by atoms with Crippen molar-refractivity contribution in [1.29, 1.82) is 0 Å². The molecule has 1 amide bonds. The van der Waals surface area contributed by atoms with Gasteiger partial charge in [0.1, 0.15) is 0 Å². The maximum absolute atomic E-state index is 13.8. The average molecular weight is 344 g/mol. The molecule has 0 spiro atoms. The maximum atomic E-state index is 13.8. The summed E-state index contributed by atoms with van der Waals surface area (Å²) >= 11 is 0. The lowest BCUT2D eigenvalue weighted by atomic mass is 10.2. The van der Waals surface area contributed by atoms with Crippen molar-refractivity contribution in [3.05, 3.63) is 29.6 Å². The molecule has 3 rings (SSSR count). The van der Waals surface area contributed by atoms with Gasteiger partial charge in [0.25, 0.3) is 5.91 Å². The van der Waals surface area contributed by atoms with Crippen molar-refractivity contribution in [2.24, 2.45) is 0 Å². The standard InChI is InChI=1S/C16H22FN3O2.ClH/c1-22-15-3-2-12(10-14(15)17)16(21)20-7-4-13(11-20)19-8-5-18-6-9-19;/h2-3,10,13,18H,4-9,11H2,1H3;1H. The largest absolute Gasteiger partial charge is 0.494 e. The number of nitrogens with zero attached hydrogens (tertiary/aromatic N) is 2. The van der Waals surface area contributed by atoms with Gasteiger partial charge in [-0.1, -0.05) is 0 Å². The van der Waals surface area contributed by atoms with E-state index in [1.165, 1.54) is 19.2 Å². The lowest BCUT2D eigenvalue weighted by Gasteiger charge is -2.32. The number of amides is 1. The molecule has 2 saturated heterocycles. The van der Waals surface area contributed by atoms with Crippen LogP contribution in [0.1, 0.15) is 16.8 Å². The van der Waals surface area contributed by atoms with Crippen LogP contribution in [0.3, 0.4) is 0 Å². The van der Waals surface area contributed by atoms with E-state index in [1.807, 2.05) is 4.90 Å². The Bertz CT molecular complexity index is 552. The Morgan fingerprint density at radius 3 is 2.70 bits per heavy atom. The number of carbonyl (C=O) groups is 1. The molecule has 128 valence electrons. The molecule has 2 fully saturated rings.